The van der Waals surface area contributed by atoms with Crippen LogP contribution in [0.5, 0.6) is 0 Å². The van der Waals surface area contributed by atoms with Crippen molar-refractivity contribution < 1.29 is 0 Å². The molecule has 1 heterocycles. The number of rotatable bonds is 1. The second-order valence-corrected chi connectivity index (χ2v) is 4.37. The first-order valence-electron chi connectivity index (χ1n) is 4.67. The fourth-order valence-electron chi connectivity index (χ4n) is 1.21. The van der Waals surface area contributed by atoms with Gasteiger partial charge >= 0.3 is 0 Å². The average molecular weight is 179 g/mol. The summed E-state index contributed by atoms with van der Waals surface area (Å²) in [5.41, 5.74) is 2.14. The molecule has 0 bridgehead atoms. The van der Waals surface area contributed by atoms with Gasteiger partial charge in [-0.05, 0) is 18.1 Å². The van der Waals surface area contributed by atoms with E-state index in [4.69, 9.17) is 0 Å². The molecule has 0 spiro atoms. The van der Waals surface area contributed by atoms with Crippen molar-refractivity contribution in [3.8, 4) is 0 Å². The molecule has 2 nitrogen and oxygen atoms in total. The fraction of sp³-hybridized carbons (Fsp3) is 0.545. The van der Waals surface area contributed by atoms with E-state index in [9.17, 15) is 4.79 Å². The van der Waals surface area contributed by atoms with Crippen molar-refractivity contribution in [2.75, 3.05) is 0 Å². The quantitative estimate of drug-likeness (QED) is 0.704. The molecular weight excluding hydrogens is 162 g/mol. The molecule has 1 aromatic rings. The van der Waals surface area contributed by atoms with Crippen LogP contribution < -0.4 is 5.56 Å². The van der Waals surface area contributed by atoms with Gasteiger partial charge in [0.1, 0.15) is 0 Å². The van der Waals surface area contributed by atoms with Gasteiger partial charge in [0.15, 0.2) is 0 Å². The Hall–Kier alpha value is -1.05. The molecule has 1 aromatic heterocycles. The van der Waals surface area contributed by atoms with Gasteiger partial charge in [0.05, 0.1) is 0 Å². The molecule has 72 valence electrons. The molecule has 1 rings (SSSR count). The Morgan fingerprint density at radius 2 is 1.92 bits per heavy atom. The number of hydrogen-bond donors (Lipinski definition) is 1. The highest BCUT2D eigenvalue weighted by Crippen LogP contribution is 2.19. The molecule has 0 aromatic carbocycles. The summed E-state index contributed by atoms with van der Waals surface area (Å²) in [5, 5.41) is 0. The lowest BCUT2D eigenvalue weighted by molar-refractivity contribution is 0.565. The van der Waals surface area contributed by atoms with Crippen molar-refractivity contribution in [2.24, 2.45) is 0 Å². The lowest BCUT2D eigenvalue weighted by Crippen LogP contribution is -2.19. The lowest BCUT2D eigenvalue weighted by Gasteiger charge is -2.18. The number of pyridine rings is 1. The monoisotopic (exact) mass is 179 g/mol. The molecule has 0 aliphatic carbocycles. The van der Waals surface area contributed by atoms with Gasteiger partial charge in [0, 0.05) is 17.2 Å². The normalized spacial score (nSPS) is 11.7. The molecule has 0 fully saturated rings. The van der Waals surface area contributed by atoms with Crippen molar-refractivity contribution in [3.05, 3.63) is 33.7 Å². The van der Waals surface area contributed by atoms with Gasteiger partial charge in [0.25, 0.3) is 0 Å². The second-order valence-electron chi connectivity index (χ2n) is 4.37. The minimum Gasteiger partial charge on any atom is -0.326 e. The van der Waals surface area contributed by atoms with Gasteiger partial charge in [-0.2, -0.15) is 0 Å². The highest BCUT2D eigenvalue weighted by molar-refractivity contribution is 5.21. The van der Waals surface area contributed by atoms with E-state index < -0.39 is 0 Å². The van der Waals surface area contributed by atoms with E-state index in [0.29, 0.717) is 0 Å². The number of hydrogen-bond acceptors (Lipinski definition) is 1. The van der Waals surface area contributed by atoms with Crippen molar-refractivity contribution in [2.45, 2.75) is 39.5 Å². The summed E-state index contributed by atoms with van der Waals surface area (Å²) < 4.78 is 0. The van der Waals surface area contributed by atoms with Crippen molar-refractivity contribution in [3.63, 3.8) is 0 Å². The molecule has 0 aliphatic rings. The zero-order valence-corrected chi connectivity index (χ0v) is 8.77. The number of aryl methyl sites for hydroxylation is 1. The topological polar surface area (TPSA) is 32.9 Å². The van der Waals surface area contributed by atoms with Crippen LogP contribution in [0.4, 0.5) is 0 Å². The third-order valence-corrected chi connectivity index (χ3v) is 2.12. The van der Waals surface area contributed by atoms with E-state index in [1.54, 1.807) is 6.07 Å². The van der Waals surface area contributed by atoms with E-state index >= 15 is 0 Å². The molecule has 0 radical (unpaired) electrons. The Morgan fingerprint density at radius 3 is 2.38 bits per heavy atom. The predicted octanol–water partition coefficient (Wildman–Crippen LogP) is 2.23. The van der Waals surface area contributed by atoms with Crippen LogP contribution in [0, 0.1) is 0 Å². The van der Waals surface area contributed by atoms with Crippen LogP contribution in [0.25, 0.3) is 0 Å². The first-order valence-corrected chi connectivity index (χ1v) is 4.67. The molecule has 0 amide bonds. The number of aromatic nitrogens is 1. The van der Waals surface area contributed by atoms with E-state index in [0.717, 1.165) is 17.7 Å². The van der Waals surface area contributed by atoms with Gasteiger partial charge in [0.2, 0.25) is 5.56 Å². The lowest BCUT2D eigenvalue weighted by atomic mass is 9.90. The Bertz CT molecular complexity index is 344. The van der Waals surface area contributed by atoms with Gasteiger partial charge in [-0.1, -0.05) is 27.7 Å². The van der Waals surface area contributed by atoms with E-state index in [-0.39, 0.29) is 11.0 Å². The number of aromatic amines is 1. The average Bonchev–Trinajstić information content (AvgIpc) is 2.01. The summed E-state index contributed by atoms with van der Waals surface area (Å²) in [6.45, 7) is 8.34. The van der Waals surface area contributed by atoms with E-state index in [1.807, 2.05) is 0 Å². The Balaban J connectivity index is 3.24. The summed E-state index contributed by atoms with van der Waals surface area (Å²) >= 11 is 0. The maximum absolute atomic E-state index is 11.3. The van der Waals surface area contributed by atoms with Gasteiger partial charge in [-0.15, -0.1) is 0 Å². The standard InChI is InChI=1S/C11H17NO/c1-5-8-6-9(11(2,3)4)12-10(13)7-8/h6-7H,5H2,1-4H3,(H,12,13). The third kappa shape index (κ3) is 2.44. The van der Waals surface area contributed by atoms with Crippen molar-refractivity contribution in [1.82, 2.24) is 4.98 Å². The zero-order chi connectivity index (χ0) is 10.1. The van der Waals surface area contributed by atoms with Crippen molar-refractivity contribution in [1.29, 1.82) is 0 Å². The highest BCUT2D eigenvalue weighted by atomic mass is 16.1. The van der Waals surface area contributed by atoms with Gasteiger partial charge in [-0.25, -0.2) is 0 Å². The Morgan fingerprint density at radius 1 is 1.31 bits per heavy atom. The maximum atomic E-state index is 11.3. The molecule has 1 N–H and O–H groups in total. The van der Waals surface area contributed by atoms with Crippen LogP contribution in [0.2, 0.25) is 0 Å². The molecule has 0 saturated carbocycles. The Kier molecular flexibility index (Phi) is 2.60. The number of nitrogens with one attached hydrogen (secondary N) is 1. The van der Waals surface area contributed by atoms with Crippen LogP contribution >= 0.6 is 0 Å². The van der Waals surface area contributed by atoms with Gasteiger partial charge in [-0.3, -0.25) is 4.79 Å². The third-order valence-electron chi connectivity index (χ3n) is 2.12. The summed E-state index contributed by atoms with van der Waals surface area (Å²) in [6, 6.07) is 3.73. The molecule has 0 aliphatic heterocycles. The number of H-pyrrole nitrogens is 1. The zero-order valence-electron chi connectivity index (χ0n) is 8.77. The molecule has 2 heteroatoms. The van der Waals surface area contributed by atoms with Crippen LogP contribution in [-0.2, 0) is 11.8 Å². The largest absolute Gasteiger partial charge is 0.326 e. The summed E-state index contributed by atoms with van der Waals surface area (Å²) in [6.07, 6.45) is 0.910. The summed E-state index contributed by atoms with van der Waals surface area (Å²) in [5.74, 6) is 0. The van der Waals surface area contributed by atoms with Crippen LogP contribution in [0.1, 0.15) is 39.0 Å². The minimum atomic E-state index is 0.00396. The molecule has 13 heavy (non-hydrogen) atoms. The molecule has 0 atom stereocenters. The second kappa shape index (κ2) is 3.36. The Labute approximate surface area is 79.0 Å². The first kappa shape index (κ1) is 10.0. The predicted molar refractivity (Wildman–Crippen MR) is 55.1 cm³/mol. The summed E-state index contributed by atoms with van der Waals surface area (Å²) in [4.78, 5) is 14.1. The van der Waals surface area contributed by atoms with Crippen molar-refractivity contribution >= 4 is 0 Å². The molecular formula is C11H17NO. The van der Waals surface area contributed by atoms with Crippen LogP contribution in [-0.4, -0.2) is 4.98 Å². The SMILES string of the molecule is CCc1cc(C(C)(C)C)[nH]c(=O)c1. The van der Waals surface area contributed by atoms with E-state index in [1.165, 1.54) is 0 Å². The van der Waals surface area contributed by atoms with E-state index in [2.05, 4.69) is 38.7 Å². The van der Waals surface area contributed by atoms with Crippen LogP contribution in [0.15, 0.2) is 16.9 Å². The first-order chi connectivity index (χ1) is 5.93. The van der Waals surface area contributed by atoms with Crippen LogP contribution in [0.3, 0.4) is 0 Å². The smallest absolute Gasteiger partial charge is 0.248 e. The molecule has 0 saturated heterocycles. The summed E-state index contributed by atoms with van der Waals surface area (Å²) in [7, 11) is 0. The minimum absolute atomic E-state index is 0.00396. The molecule has 0 unspecified atom stereocenters. The fourth-order valence-corrected chi connectivity index (χ4v) is 1.21. The highest BCUT2D eigenvalue weighted by Gasteiger charge is 2.14. The maximum Gasteiger partial charge on any atom is 0.248 e. The van der Waals surface area contributed by atoms with Gasteiger partial charge < -0.3 is 4.98 Å².